The summed E-state index contributed by atoms with van der Waals surface area (Å²) in [6.07, 6.45) is 10.2. The first-order valence-corrected chi connectivity index (χ1v) is 21.2. The smallest absolute Gasteiger partial charge is 0.407 e. The number of piperidine rings is 1. The summed E-state index contributed by atoms with van der Waals surface area (Å²) in [7, 11) is -4.01. The number of rotatable bonds is 10. The second kappa shape index (κ2) is 17.0. The number of benzene rings is 1. The van der Waals surface area contributed by atoms with E-state index in [1.165, 1.54) is 16.8 Å². The Balaban J connectivity index is 1.12. The molecule has 0 radical (unpaired) electrons. The lowest BCUT2D eigenvalue weighted by Crippen LogP contribution is -2.50. The summed E-state index contributed by atoms with van der Waals surface area (Å²) in [5.74, 6) is -1.41. The van der Waals surface area contributed by atoms with Crippen LogP contribution in [0.4, 0.5) is 14.9 Å². The number of ether oxygens (including phenoxy) is 1. The third-order valence-electron chi connectivity index (χ3n) is 11.7. The van der Waals surface area contributed by atoms with E-state index in [9.17, 15) is 32.0 Å². The number of alkyl halides is 1. The zero-order valence-electron chi connectivity index (χ0n) is 31.7. The molecule has 0 spiro atoms. The molecule has 298 valence electrons. The lowest BCUT2D eigenvalue weighted by atomic mass is 9.76. The van der Waals surface area contributed by atoms with Gasteiger partial charge in [0.2, 0.25) is 11.8 Å². The van der Waals surface area contributed by atoms with Crippen LogP contribution in [0.3, 0.4) is 0 Å². The number of nitrogens with zero attached hydrogens (tertiary/aromatic N) is 2. The minimum atomic E-state index is -4.01. The van der Waals surface area contributed by atoms with Crippen LogP contribution in [-0.4, -0.2) is 85.4 Å². The third-order valence-corrected chi connectivity index (χ3v) is 13.2. The Kier molecular flexibility index (Phi) is 12.6. The zero-order chi connectivity index (χ0) is 38.6. The summed E-state index contributed by atoms with van der Waals surface area (Å²) in [5.41, 5.74) is 0.132. The van der Waals surface area contributed by atoms with Crippen molar-refractivity contribution in [2.75, 3.05) is 31.6 Å². The Morgan fingerprint density at radius 1 is 0.907 bits per heavy atom. The topological polar surface area (TPSA) is 167 Å². The van der Waals surface area contributed by atoms with E-state index in [1.54, 1.807) is 43.9 Å². The number of carbonyl (C=O) groups is 4. The van der Waals surface area contributed by atoms with Crippen LogP contribution in [-0.2, 0) is 24.5 Å². The van der Waals surface area contributed by atoms with Crippen LogP contribution < -0.4 is 15.4 Å². The highest BCUT2D eigenvalue weighted by Crippen LogP contribution is 2.41. The number of alkyl carbamates (subject to hydrolysis) is 1. The highest BCUT2D eigenvalue weighted by Gasteiger charge is 2.47. The van der Waals surface area contributed by atoms with Gasteiger partial charge in [-0.25, -0.2) is 13.9 Å². The maximum absolute atomic E-state index is 14.2. The van der Waals surface area contributed by atoms with Crippen LogP contribution in [0.2, 0.25) is 0 Å². The van der Waals surface area contributed by atoms with E-state index >= 15 is 0 Å². The molecule has 2 saturated heterocycles. The first-order valence-electron chi connectivity index (χ1n) is 19.7. The number of amides is 4. The average molecular weight is 774 g/mol. The maximum Gasteiger partial charge on any atom is 0.407 e. The van der Waals surface area contributed by atoms with Gasteiger partial charge in [-0.3, -0.25) is 14.4 Å². The largest absolute Gasteiger partial charge is 0.451 e. The van der Waals surface area contributed by atoms with Gasteiger partial charge in [0, 0.05) is 36.6 Å². The molecule has 1 aromatic heterocycles. The van der Waals surface area contributed by atoms with Crippen molar-refractivity contribution >= 4 is 50.7 Å². The molecule has 3 heterocycles. The van der Waals surface area contributed by atoms with Crippen molar-refractivity contribution in [1.82, 2.24) is 19.2 Å². The summed E-state index contributed by atoms with van der Waals surface area (Å²) in [6.45, 7) is 5.74. The molecule has 2 aliphatic carbocycles. The molecule has 13 nitrogen and oxygen atoms in total. The van der Waals surface area contributed by atoms with E-state index in [1.807, 2.05) is 0 Å². The van der Waals surface area contributed by atoms with Crippen LogP contribution >= 0.6 is 0 Å². The summed E-state index contributed by atoms with van der Waals surface area (Å²) in [4.78, 5) is 55.5. The molecule has 15 heteroatoms. The molecule has 2 saturated carbocycles. The third kappa shape index (κ3) is 9.55. The van der Waals surface area contributed by atoms with Crippen LogP contribution in [0, 0.1) is 23.7 Å². The number of hydrogen-bond acceptors (Lipinski definition) is 8. The summed E-state index contributed by atoms with van der Waals surface area (Å²) < 4.78 is 54.0. The predicted molar refractivity (Wildman–Crippen MR) is 201 cm³/mol. The SMILES string of the molecule is CC(C)(C)OC(=O)N[C@H](CF)C1CCC(C(=O)N2CC[C@@H](C3CCCCC3)[C@H]2C(=O)Nc2ccc3oc(C(=O)NS(=O)(=O)N4CCCCC4)cc3c2)CC1. The van der Waals surface area contributed by atoms with Crippen molar-refractivity contribution in [2.45, 2.75) is 122 Å². The molecule has 4 amide bonds. The monoisotopic (exact) mass is 773 g/mol. The number of carbonyl (C=O) groups excluding carboxylic acids is 4. The van der Waals surface area contributed by atoms with E-state index in [-0.39, 0.29) is 35.3 Å². The van der Waals surface area contributed by atoms with Crippen molar-refractivity contribution < 1.29 is 41.1 Å². The molecular weight excluding hydrogens is 718 g/mol. The number of halogens is 1. The van der Waals surface area contributed by atoms with E-state index in [2.05, 4.69) is 15.4 Å². The quantitative estimate of drug-likeness (QED) is 0.253. The lowest BCUT2D eigenvalue weighted by molar-refractivity contribution is -0.142. The van der Waals surface area contributed by atoms with E-state index in [4.69, 9.17) is 9.15 Å². The summed E-state index contributed by atoms with van der Waals surface area (Å²) >= 11 is 0. The van der Waals surface area contributed by atoms with Gasteiger partial charge in [-0.05, 0) is 108 Å². The molecule has 3 N–H and O–H groups in total. The molecule has 4 aliphatic rings. The number of fused-ring (bicyclic) bond motifs is 1. The predicted octanol–water partition coefficient (Wildman–Crippen LogP) is 6.30. The molecule has 2 aromatic rings. The van der Waals surface area contributed by atoms with E-state index < -0.39 is 46.6 Å². The number of nitrogens with one attached hydrogen (secondary N) is 3. The second-order valence-electron chi connectivity index (χ2n) is 16.6. The average Bonchev–Trinajstić information content (AvgIpc) is 3.79. The Hall–Kier alpha value is -3.72. The fraction of sp³-hybridized carbons (Fsp3) is 0.692. The van der Waals surface area contributed by atoms with Crippen molar-refractivity contribution in [3.8, 4) is 0 Å². The number of anilines is 1. The van der Waals surface area contributed by atoms with Gasteiger partial charge in [-0.15, -0.1) is 0 Å². The van der Waals surface area contributed by atoms with Gasteiger partial charge in [-0.1, -0.05) is 38.5 Å². The van der Waals surface area contributed by atoms with E-state index in [0.29, 0.717) is 67.9 Å². The molecule has 0 bridgehead atoms. The minimum Gasteiger partial charge on any atom is -0.451 e. The molecule has 4 fully saturated rings. The van der Waals surface area contributed by atoms with Crippen LogP contribution in [0.5, 0.6) is 0 Å². The van der Waals surface area contributed by atoms with Gasteiger partial charge in [-0.2, -0.15) is 12.7 Å². The zero-order valence-corrected chi connectivity index (χ0v) is 32.6. The fourth-order valence-electron chi connectivity index (χ4n) is 8.99. The summed E-state index contributed by atoms with van der Waals surface area (Å²) in [6, 6.07) is 5.08. The molecule has 2 aliphatic heterocycles. The number of furan rings is 1. The highest BCUT2D eigenvalue weighted by atomic mass is 32.2. The van der Waals surface area contributed by atoms with Gasteiger partial charge in [0.05, 0.1) is 6.04 Å². The molecule has 6 rings (SSSR count). The van der Waals surface area contributed by atoms with Crippen molar-refractivity contribution in [2.24, 2.45) is 23.7 Å². The standard InChI is InChI=1S/C39H56FN5O8S/c1-39(2,3)53-38(49)42-31(24-40)26-12-14-27(15-13-26)37(48)45-21-18-30(25-10-6-4-7-11-25)34(45)36(47)41-29-16-17-32-28(22-29)23-33(52-32)35(46)43-54(50,51)44-19-8-5-9-20-44/h16-17,22-23,25-27,30-31,34H,4-15,18-21,24H2,1-3H3,(H,41,47)(H,42,49)(H,43,46)/t26?,27?,30-,31+,34-/m0/s1. The Morgan fingerprint density at radius 3 is 2.26 bits per heavy atom. The van der Waals surface area contributed by atoms with Crippen molar-refractivity contribution in [1.29, 1.82) is 0 Å². The van der Waals surface area contributed by atoms with Crippen molar-refractivity contribution in [3.05, 3.63) is 30.0 Å². The van der Waals surface area contributed by atoms with Gasteiger partial charge < -0.3 is 24.7 Å². The summed E-state index contributed by atoms with van der Waals surface area (Å²) in [5, 5.41) is 6.24. The Bertz CT molecular complexity index is 1770. The number of likely N-dealkylation sites (tertiary alicyclic amines) is 1. The lowest BCUT2D eigenvalue weighted by Gasteiger charge is -2.37. The molecular formula is C39H56FN5O8S. The van der Waals surface area contributed by atoms with Gasteiger partial charge in [0.25, 0.3) is 0 Å². The van der Waals surface area contributed by atoms with Crippen LogP contribution in [0.25, 0.3) is 11.0 Å². The van der Waals surface area contributed by atoms with Gasteiger partial charge in [0.1, 0.15) is 23.9 Å². The molecule has 1 aromatic carbocycles. The highest BCUT2D eigenvalue weighted by molar-refractivity contribution is 7.87. The van der Waals surface area contributed by atoms with Crippen LogP contribution in [0.1, 0.15) is 115 Å². The normalized spacial score (nSPS) is 25.2. The first kappa shape index (κ1) is 40.0. The van der Waals surface area contributed by atoms with Gasteiger partial charge in [0.15, 0.2) is 5.76 Å². The van der Waals surface area contributed by atoms with E-state index in [0.717, 1.165) is 51.4 Å². The van der Waals surface area contributed by atoms with Crippen LogP contribution in [0.15, 0.2) is 28.7 Å². The van der Waals surface area contributed by atoms with Crippen molar-refractivity contribution in [3.63, 3.8) is 0 Å². The van der Waals surface area contributed by atoms with Gasteiger partial charge >= 0.3 is 22.2 Å². The molecule has 0 unspecified atom stereocenters. The molecule has 3 atom stereocenters. The molecule has 54 heavy (non-hydrogen) atoms. The maximum atomic E-state index is 14.2. The Labute approximate surface area is 317 Å². The second-order valence-corrected chi connectivity index (χ2v) is 18.3. The first-order chi connectivity index (χ1) is 25.7. The number of hydrogen-bond donors (Lipinski definition) is 3. The Morgan fingerprint density at radius 2 is 1.59 bits per heavy atom. The fourth-order valence-corrected chi connectivity index (χ4v) is 10.2. The minimum absolute atomic E-state index is 0.0225.